The molecule has 9 heteroatoms. The number of nitrogens with zero attached hydrogens (tertiary/aromatic N) is 1. The van der Waals surface area contributed by atoms with Crippen LogP contribution in [0.3, 0.4) is 0 Å². The van der Waals surface area contributed by atoms with E-state index in [9.17, 15) is 19.4 Å². The van der Waals surface area contributed by atoms with E-state index < -0.39 is 20.0 Å². The van der Waals surface area contributed by atoms with Crippen LogP contribution in [0.5, 0.6) is 0 Å². The van der Waals surface area contributed by atoms with Gasteiger partial charge in [0, 0.05) is 6.42 Å². The molecule has 0 radical (unpaired) electrons. The minimum Gasteiger partial charge on any atom is -0.756 e. The molecule has 0 aromatic carbocycles. The molecule has 0 heterocycles. The van der Waals surface area contributed by atoms with Crippen molar-refractivity contribution in [2.45, 2.75) is 251 Å². The topological polar surface area (TPSA) is 108 Å². The smallest absolute Gasteiger partial charge is 0.268 e. The number of aliphatic hydroxyl groups is 1. The van der Waals surface area contributed by atoms with E-state index in [4.69, 9.17) is 9.05 Å². The van der Waals surface area contributed by atoms with Crippen molar-refractivity contribution in [3.63, 3.8) is 0 Å². The second-order valence-electron chi connectivity index (χ2n) is 18.9. The second kappa shape index (κ2) is 43.9. The van der Waals surface area contributed by atoms with Gasteiger partial charge >= 0.3 is 0 Å². The predicted octanol–water partition coefficient (Wildman–Crippen LogP) is 14.4. The average Bonchev–Trinajstić information content (AvgIpc) is 3.21. The molecule has 0 fully saturated rings. The van der Waals surface area contributed by atoms with Gasteiger partial charge in [0.15, 0.2) is 0 Å². The lowest BCUT2D eigenvalue weighted by molar-refractivity contribution is -0.870. The Morgan fingerprint density at radius 3 is 1.38 bits per heavy atom. The zero-order chi connectivity index (χ0) is 45.0. The summed E-state index contributed by atoms with van der Waals surface area (Å²) < 4.78 is 23.2. The molecule has 0 aromatic heterocycles. The number of quaternary nitrogens is 1. The minimum atomic E-state index is -4.56. The number of aliphatic hydroxyl groups excluding tert-OH is 1. The average molecular weight is 881 g/mol. The highest BCUT2D eigenvalue weighted by molar-refractivity contribution is 7.45. The van der Waals surface area contributed by atoms with Crippen LogP contribution in [0.4, 0.5) is 0 Å². The zero-order valence-electron chi connectivity index (χ0n) is 40.9. The van der Waals surface area contributed by atoms with Crippen LogP contribution in [-0.2, 0) is 18.4 Å². The van der Waals surface area contributed by atoms with Gasteiger partial charge in [-0.1, -0.05) is 217 Å². The number of carbonyl (C=O) groups excluding carboxylic acids is 1. The number of hydrogen-bond donors (Lipinski definition) is 2. The van der Waals surface area contributed by atoms with E-state index in [1.165, 1.54) is 161 Å². The maximum atomic E-state index is 12.9. The van der Waals surface area contributed by atoms with Crippen molar-refractivity contribution in [3.05, 3.63) is 36.5 Å². The Morgan fingerprint density at radius 2 is 0.951 bits per heavy atom. The fourth-order valence-corrected chi connectivity index (χ4v) is 8.24. The van der Waals surface area contributed by atoms with E-state index in [1.54, 1.807) is 0 Å². The van der Waals surface area contributed by atoms with Gasteiger partial charge in [0.2, 0.25) is 5.91 Å². The van der Waals surface area contributed by atoms with Gasteiger partial charge in [0.05, 0.1) is 39.9 Å². The summed E-state index contributed by atoms with van der Waals surface area (Å²) in [6.45, 7) is 4.68. The van der Waals surface area contributed by atoms with E-state index in [-0.39, 0.29) is 19.1 Å². The standard InChI is InChI=1S/C52H101N2O6P/c1-6-8-10-12-14-16-17-18-19-20-21-22-23-24-25-26-27-28-29-30-31-32-33-34-35-36-37-38-40-42-44-46-52(56)53-50(49-60-61(57,58)59-48-47-54(3,4)5)51(55)45-43-41-39-15-13-11-9-7-2/h17-18,20-21,23-24,50-51,55H,6-16,19,22,25-49H2,1-5H3,(H-,53,56,57,58)/b18-17-,21-20-,24-23-. The number of likely N-dealkylation sites (N-methyl/N-ethyl adjacent to an activating group) is 1. The molecule has 0 aliphatic carbocycles. The van der Waals surface area contributed by atoms with Crippen molar-refractivity contribution in [2.24, 2.45) is 0 Å². The normalized spacial score (nSPS) is 14.4. The molecule has 0 saturated heterocycles. The fourth-order valence-electron chi connectivity index (χ4n) is 7.52. The number of allylic oxidation sites excluding steroid dienone is 6. The Bertz CT molecular complexity index is 1090. The summed E-state index contributed by atoms with van der Waals surface area (Å²) >= 11 is 0. The highest BCUT2D eigenvalue weighted by Crippen LogP contribution is 2.38. The molecule has 0 rings (SSSR count). The first-order chi connectivity index (χ1) is 29.5. The highest BCUT2D eigenvalue weighted by atomic mass is 31.2. The van der Waals surface area contributed by atoms with Crippen molar-refractivity contribution >= 4 is 13.7 Å². The molecule has 0 aliphatic rings. The predicted molar refractivity (Wildman–Crippen MR) is 261 cm³/mol. The number of phosphoric ester groups is 1. The van der Waals surface area contributed by atoms with E-state index in [0.29, 0.717) is 23.9 Å². The molecule has 3 unspecified atom stereocenters. The van der Waals surface area contributed by atoms with E-state index >= 15 is 0 Å². The van der Waals surface area contributed by atoms with Crippen LogP contribution >= 0.6 is 7.82 Å². The Labute approximate surface area is 378 Å². The maximum absolute atomic E-state index is 12.9. The Hall–Kier alpha value is -1.28. The number of hydrogen-bond acceptors (Lipinski definition) is 6. The van der Waals surface area contributed by atoms with Crippen LogP contribution in [0.15, 0.2) is 36.5 Å². The van der Waals surface area contributed by atoms with Gasteiger partial charge in [0.1, 0.15) is 13.2 Å². The van der Waals surface area contributed by atoms with E-state index in [2.05, 4.69) is 55.6 Å². The summed E-state index contributed by atoms with van der Waals surface area (Å²) in [5.74, 6) is -0.167. The molecule has 2 N–H and O–H groups in total. The van der Waals surface area contributed by atoms with Crippen LogP contribution in [-0.4, -0.2) is 68.5 Å². The van der Waals surface area contributed by atoms with Gasteiger partial charge in [-0.25, -0.2) is 0 Å². The largest absolute Gasteiger partial charge is 0.756 e. The fraction of sp³-hybridized carbons (Fsp3) is 0.865. The van der Waals surface area contributed by atoms with E-state index in [1.807, 2.05) is 21.1 Å². The third-order valence-corrected chi connectivity index (χ3v) is 12.6. The molecule has 0 spiro atoms. The molecular formula is C52H101N2O6P. The Balaban J connectivity index is 3.94. The van der Waals surface area contributed by atoms with Crippen LogP contribution in [0.1, 0.15) is 239 Å². The molecular weight excluding hydrogens is 780 g/mol. The molecule has 0 aromatic rings. The van der Waals surface area contributed by atoms with Crippen molar-refractivity contribution in [2.75, 3.05) is 40.9 Å². The maximum Gasteiger partial charge on any atom is 0.268 e. The summed E-state index contributed by atoms with van der Waals surface area (Å²) in [4.78, 5) is 25.3. The first-order valence-electron chi connectivity index (χ1n) is 25.8. The highest BCUT2D eigenvalue weighted by Gasteiger charge is 2.24. The Morgan fingerprint density at radius 1 is 0.574 bits per heavy atom. The van der Waals surface area contributed by atoms with Crippen LogP contribution in [0.2, 0.25) is 0 Å². The summed E-state index contributed by atoms with van der Waals surface area (Å²) in [6, 6.07) is -0.797. The molecule has 0 aliphatic heterocycles. The zero-order valence-corrected chi connectivity index (χ0v) is 41.8. The Kier molecular flexibility index (Phi) is 43.0. The first kappa shape index (κ1) is 59.7. The number of rotatable bonds is 47. The summed E-state index contributed by atoms with van der Waals surface area (Å²) in [5.41, 5.74) is 0. The lowest BCUT2D eigenvalue weighted by Gasteiger charge is -2.30. The van der Waals surface area contributed by atoms with Crippen LogP contribution < -0.4 is 10.2 Å². The van der Waals surface area contributed by atoms with Gasteiger partial charge in [0.25, 0.3) is 7.82 Å². The van der Waals surface area contributed by atoms with Crippen molar-refractivity contribution in [1.29, 1.82) is 0 Å². The van der Waals surface area contributed by atoms with E-state index in [0.717, 1.165) is 51.4 Å². The summed E-state index contributed by atoms with van der Waals surface area (Å²) in [7, 11) is 1.31. The molecule has 61 heavy (non-hydrogen) atoms. The number of nitrogens with one attached hydrogen (secondary N) is 1. The third-order valence-electron chi connectivity index (χ3n) is 11.6. The molecule has 0 bridgehead atoms. The molecule has 3 atom stereocenters. The lowest BCUT2D eigenvalue weighted by Crippen LogP contribution is -2.46. The number of carbonyl (C=O) groups is 1. The van der Waals surface area contributed by atoms with Gasteiger partial charge in [-0.05, 0) is 51.4 Å². The van der Waals surface area contributed by atoms with Crippen LogP contribution in [0, 0.1) is 0 Å². The monoisotopic (exact) mass is 881 g/mol. The van der Waals surface area contributed by atoms with Crippen LogP contribution in [0.25, 0.3) is 0 Å². The van der Waals surface area contributed by atoms with Gasteiger partial charge in [-0.15, -0.1) is 0 Å². The summed E-state index contributed by atoms with van der Waals surface area (Å²) in [5, 5.41) is 13.8. The quantitative estimate of drug-likeness (QED) is 0.0273. The third kappa shape index (κ3) is 46.5. The van der Waals surface area contributed by atoms with Crippen molar-refractivity contribution in [1.82, 2.24) is 5.32 Å². The molecule has 0 saturated carbocycles. The SMILES string of the molecule is CCCCCCC/C=C\C/C=C\C/C=C\CCCCCCCCCCCCCCCCCCC(=O)NC(COP(=O)([O-])OCC[N+](C)(C)C)C(O)CCCCCCCCCC. The van der Waals surface area contributed by atoms with Crippen molar-refractivity contribution < 1.29 is 32.9 Å². The summed E-state index contributed by atoms with van der Waals surface area (Å²) in [6.07, 6.45) is 54.8. The molecule has 360 valence electrons. The minimum absolute atomic E-state index is 0.0124. The van der Waals surface area contributed by atoms with Crippen molar-refractivity contribution in [3.8, 4) is 0 Å². The number of unbranched alkanes of at least 4 members (excludes halogenated alkanes) is 28. The lowest BCUT2D eigenvalue weighted by atomic mass is 10.0. The van der Waals surface area contributed by atoms with Gasteiger partial charge < -0.3 is 28.8 Å². The van der Waals surface area contributed by atoms with Gasteiger partial charge in [-0.2, -0.15) is 0 Å². The molecule has 8 nitrogen and oxygen atoms in total. The second-order valence-corrected chi connectivity index (χ2v) is 20.3. The number of phosphoric acid groups is 1. The first-order valence-corrected chi connectivity index (χ1v) is 27.3. The number of amides is 1. The molecule has 1 amide bonds. The van der Waals surface area contributed by atoms with Gasteiger partial charge in [-0.3, -0.25) is 9.36 Å².